The SMILES string of the molecule is Nn1c(SCC(=O)Nc2ccc(Cl)c(C(F)(F)F)c2)nnc1-c1cccnc1. The number of nitrogens with two attached hydrogens (primary N) is 1. The fourth-order valence-corrected chi connectivity index (χ4v) is 3.10. The fourth-order valence-electron chi connectivity index (χ4n) is 2.21. The number of benzene rings is 1. The summed E-state index contributed by atoms with van der Waals surface area (Å²) in [6, 6.07) is 6.60. The molecule has 0 radical (unpaired) electrons. The molecule has 28 heavy (non-hydrogen) atoms. The Morgan fingerprint density at radius 3 is 2.75 bits per heavy atom. The van der Waals surface area contributed by atoms with E-state index in [4.69, 9.17) is 17.4 Å². The summed E-state index contributed by atoms with van der Waals surface area (Å²) in [5.41, 5.74) is -0.398. The molecule has 0 unspecified atom stereocenters. The first-order valence-corrected chi connectivity index (χ1v) is 9.02. The van der Waals surface area contributed by atoms with Crippen molar-refractivity contribution in [3.8, 4) is 11.4 Å². The van der Waals surface area contributed by atoms with Gasteiger partial charge in [0.2, 0.25) is 11.1 Å². The highest BCUT2D eigenvalue weighted by Gasteiger charge is 2.33. The standard InChI is InChI=1S/C16H12ClF3N6OS/c17-12-4-3-10(6-11(12)16(18,19)20)23-13(27)8-28-15-25-24-14(26(15)21)9-2-1-5-22-7-9/h1-7H,8,21H2,(H,23,27). The molecular formula is C16H12ClF3N6OS. The first-order chi connectivity index (χ1) is 13.3. The van der Waals surface area contributed by atoms with Crippen LogP contribution < -0.4 is 11.2 Å². The Morgan fingerprint density at radius 1 is 1.29 bits per heavy atom. The lowest BCUT2D eigenvalue weighted by Crippen LogP contribution is -2.17. The third-order valence-corrected chi connectivity index (χ3v) is 4.74. The molecule has 3 aromatic rings. The van der Waals surface area contributed by atoms with E-state index in [1.165, 1.54) is 10.7 Å². The Balaban J connectivity index is 1.65. The van der Waals surface area contributed by atoms with Crippen LogP contribution in [0.25, 0.3) is 11.4 Å². The number of nitrogen functional groups attached to an aromatic ring is 1. The van der Waals surface area contributed by atoms with Crippen LogP contribution in [0.1, 0.15) is 5.56 Å². The van der Waals surface area contributed by atoms with E-state index >= 15 is 0 Å². The maximum atomic E-state index is 12.9. The van der Waals surface area contributed by atoms with Crippen LogP contribution in [0.2, 0.25) is 5.02 Å². The Bertz CT molecular complexity index is 996. The van der Waals surface area contributed by atoms with E-state index in [2.05, 4.69) is 20.5 Å². The molecule has 0 aliphatic carbocycles. The number of pyridine rings is 1. The van der Waals surface area contributed by atoms with Crippen LogP contribution >= 0.6 is 23.4 Å². The molecule has 0 aliphatic rings. The van der Waals surface area contributed by atoms with E-state index in [0.717, 1.165) is 23.9 Å². The first-order valence-electron chi connectivity index (χ1n) is 7.66. The first kappa shape index (κ1) is 20.0. The summed E-state index contributed by atoms with van der Waals surface area (Å²) in [5.74, 6) is 5.63. The highest BCUT2D eigenvalue weighted by Crippen LogP contribution is 2.36. The van der Waals surface area contributed by atoms with E-state index in [0.29, 0.717) is 11.4 Å². The zero-order valence-electron chi connectivity index (χ0n) is 13.9. The molecule has 7 nitrogen and oxygen atoms in total. The summed E-state index contributed by atoms with van der Waals surface area (Å²) in [5, 5.41) is 10.1. The molecule has 0 atom stereocenters. The fraction of sp³-hybridized carbons (Fsp3) is 0.125. The van der Waals surface area contributed by atoms with Gasteiger partial charge in [-0.05, 0) is 30.3 Å². The van der Waals surface area contributed by atoms with Crippen molar-refractivity contribution < 1.29 is 18.0 Å². The summed E-state index contributed by atoms with van der Waals surface area (Å²) >= 11 is 6.54. The van der Waals surface area contributed by atoms with Crippen molar-refractivity contribution in [3.63, 3.8) is 0 Å². The molecule has 146 valence electrons. The number of alkyl halides is 3. The molecule has 2 heterocycles. The van der Waals surface area contributed by atoms with Gasteiger partial charge in [0.05, 0.1) is 16.3 Å². The number of nitrogens with zero attached hydrogens (tertiary/aromatic N) is 4. The average Bonchev–Trinajstić information content (AvgIpc) is 3.02. The maximum absolute atomic E-state index is 12.9. The van der Waals surface area contributed by atoms with Crippen LogP contribution in [0.5, 0.6) is 0 Å². The monoisotopic (exact) mass is 428 g/mol. The van der Waals surface area contributed by atoms with Gasteiger partial charge in [-0.25, -0.2) is 4.68 Å². The Hall–Kier alpha value is -2.79. The zero-order chi connectivity index (χ0) is 20.3. The molecule has 12 heteroatoms. The second-order valence-corrected chi connectivity index (χ2v) is 6.80. The van der Waals surface area contributed by atoms with E-state index in [9.17, 15) is 18.0 Å². The van der Waals surface area contributed by atoms with Gasteiger partial charge in [0.15, 0.2) is 5.82 Å². The maximum Gasteiger partial charge on any atom is 0.417 e. The van der Waals surface area contributed by atoms with Crippen molar-refractivity contribution in [2.75, 3.05) is 16.9 Å². The predicted molar refractivity (Wildman–Crippen MR) is 99.2 cm³/mol. The lowest BCUT2D eigenvalue weighted by Gasteiger charge is -2.11. The summed E-state index contributed by atoms with van der Waals surface area (Å²) in [7, 11) is 0. The molecule has 0 aliphatic heterocycles. The third-order valence-electron chi connectivity index (χ3n) is 3.47. The van der Waals surface area contributed by atoms with Gasteiger partial charge in [0, 0.05) is 23.6 Å². The van der Waals surface area contributed by atoms with Gasteiger partial charge in [0.1, 0.15) is 0 Å². The van der Waals surface area contributed by atoms with Crippen molar-refractivity contribution in [1.82, 2.24) is 19.9 Å². The van der Waals surface area contributed by atoms with Gasteiger partial charge in [-0.1, -0.05) is 23.4 Å². The summed E-state index contributed by atoms with van der Waals surface area (Å²) in [6.45, 7) is 0. The van der Waals surface area contributed by atoms with Gasteiger partial charge in [-0.3, -0.25) is 9.78 Å². The third kappa shape index (κ3) is 4.54. The van der Waals surface area contributed by atoms with E-state index in [1.807, 2.05) is 0 Å². The Kier molecular flexibility index (Phi) is 5.75. The van der Waals surface area contributed by atoms with Crippen LogP contribution in [0.3, 0.4) is 0 Å². The largest absolute Gasteiger partial charge is 0.417 e. The number of hydrogen-bond donors (Lipinski definition) is 2. The minimum Gasteiger partial charge on any atom is -0.335 e. The molecule has 0 fully saturated rings. The summed E-state index contributed by atoms with van der Waals surface area (Å²) < 4.78 is 39.9. The van der Waals surface area contributed by atoms with Crippen LogP contribution in [0, 0.1) is 0 Å². The number of nitrogens with one attached hydrogen (secondary N) is 1. The number of halogens is 4. The van der Waals surface area contributed by atoms with Crippen molar-refractivity contribution in [2.45, 2.75) is 11.3 Å². The quantitative estimate of drug-likeness (QED) is 0.477. The number of carbonyl (C=O) groups is 1. The van der Waals surface area contributed by atoms with Crippen molar-refractivity contribution >= 4 is 35.0 Å². The number of anilines is 1. The minimum absolute atomic E-state index is 0.0208. The molecular weight excluding hydrogens is 417 g/mol. The molecule has 3 N–H and O–H groups in total. The van der Waals surface area contributed by atoms with Crippen LogP contribution in [0.4, 0.5) is 18.9 Å². The molecule has 1 aromatic carbocycles. The van der Waals surface area contributed by atoms with Gasteiger partial charge < -0.3 is 11.2 Å². The van der Waals surface area contributed by atoms with Crippen molar-refractivity contribution in [3.05, 3.63) is 53.3 Å². The minimum atomic E-state index is -4.62. The number of amides is 1. The van der Waals surface area contributed by atoms with Crippen LogP contribution in [-0.2, 0) is 11.0 Å². The second kappa shape index (κ2) is 8.07. The highest BCUT2D eigenvalue weighted by atomic mass is 35.5. The molecule has 0 saturated heterocycles. The van der Waals surface area contributed by atoms with E-state index < -0.39 is 22.7 Å². The second-order valence-electron chi connectivity index (χ2n) is 5.45. The van der Waals surface area contributed by atoms with Crippen LogP contribution in [0.15, 0.2) is 47.9 Å². The van der Waals surface area contributed by atoms with E-state index in [1.54, 1.807) is 24.5 Å². The normalized spacial score (nSPS) is 11.4. The summed E-state index contributed by atoms with van der Waals surface area (Å²) in [4.78, 5) is 16.0. The lowest BCUT2D eigenvalue weighted by molar-refractivity contribution is -0.137. The van der Waals surface area contributed by atoms with E-state index in [-0.39, 0.29) is 16.6 Å². The lowest BCUT2D eigenvalue weighted by atomic mass is 10.2. The average molecular weight is 429 g/mol. The topological polar surface area (TPSA) is 98.7 Å². The van der Waals surface area contributed by atoms with Gasteiger partial charge >= 0.3 is 6.18 Å². The number of hydrogen-bond acceptors (Lipinski definition) is 6. The molecule has 3 rings (SSSR count). The molecule has 0 bridgehead atoms. The molecule has 0 saturated carbocycles. The highest BCUT2D eigenvalue weighted by molar-refractivity contribution is 7.99. The van der Waals surface area contributed by atoms with Gasteiger partial charge in [-0.15, -0.1) is 10.2 Å². The Labute approximate surface area is 166 Å². The summed E-state index contributed by atoms with van der Waals surface area (Å²) in [6.07, 6.45) is -1.46. The Morgan fingerprint density at radius 2 is 2.07 bits per heavy atom. The molecule has 2 aromatic heterocycles. The number of thioether (sulfide) groups is 1. The van der Waals surface area contributed by atoms with Crippen LogP contribution in [-0.4, -0.2) is 31.5 Å². The molecule has 0 spiro atoms. The van der Waals surface area contributed by atoms with Gasteiger partial charge in [-0.2, -0.15) is 13.2 Å². The smallest absolute Gasteiger partial charge is 0.335 e. The van der Waals surface area contributed by atoms with Gasteiger partial charge in [0.25, 0.3) is 0 Å². The van der Waals surface area contributed by atoms with Crippen molar-refractivity contribution in [1.29, 1.82) is 0 Å². The zero-order valence-corrected chi connectivity index (χ0v) is 15.5. The number of rotatable bonds is 5. The number of aromatic nitrogens is 4. The molecule has 1 amide bonds. The van der Waals surface area contributed by atoms with Crippen molar-refractivity contribution in [2.24, 2.45) is 0 Å². The predicted octanol–water partition coefficient (Wildman–Crippen LogP) is 3.46. The number of carbonyl (C=O) groups excluding carboxylic acids is 1.